The first kappa shape index (κ1) is 16.6. The number of benzene rings is 1. The van der Waals surface area contributed by atoms with Gasteiger partial charge in [-0.3, -0.25) is 4.79 Å². The number of ketones is 1. The molecule has 0 amide bonds. The van der Waals surface area contributed by atoms with Crippen molar-refractivity contribution >= 4 is 15.8 Å². The Bertz CT molecular complexity index is 605. The molecule has 20 heavy (non-hydrogen) atoms. The molecule has 0 radical (unpaired) electrons. The van der Waals surface area contributed by atoms with Crippen molar-refractivity contribution in [2.24, 2.45) is 0 Å². The topological polar surface area (TPSA) is 54.5 Å². The van der Waals surface area contributed by atoms with Crippen molar-refractivity contribution in [2.45, 2.75) is 32.1 Å². The molecule has 0 bridgehead atoms. The van der Waals surface area contributed by atoms with Crippen molar-refractivity contribution in [3.8, 4) is 0 Å². The molecule has 0 aliphatic rings. The predicted molar refractivity (Wildman–Crippen MR) is 80.3 cm³/mol. The lowest BCUT2D eigenvalue weighted by Crippen LogP contribution is -2.32. The van der Waals surface area contributed by atoms with Crippen LogP contribution < -0.4 is 0 Å². The van der Waals surface area contributed by atoms with Gasteiger partial charge in [0.05, 0.1) is 4.90 Å². The van der Waals surface area contributed by atoms with E-state index in [9.17, 15) is 13.2 Å². The van der Waals surface area contributed by atoms with Crippen molar-refractivity contribution in [3.05, 3.63) is 42.0 Å². The Morgan fingerprint density at radius 1 is 1.30 bits per heavy atom. The monoisotopic (exact) mass is 295 g/mol. The molecule has 4 nitrogen and oxygen atoms in total. The fourth-order valence-corrected chi connectivity index (χ4v) is 3.41. The summed E-state index contributed by atoms with van der Waals surface area (Å²) in [6.45, 7) is 9.71. The maximum absolute atomic E-state index is 12.5. The lowest BCUT2D eigenvalue weighted by molar-refractivity contribution is 0.0988. The standard InChI is InChI=1S/C15H21NO3S/c1-5-15(17)13-8-7-9-14(10-13)20(18,19)16(6-2)11-12(3)4/h7-10H,3,5-6,11H2,1-2,4H3. The first-order valence-electron chi connectivity index (χ1n) is 6.60. The smallest absolute Gasteiger partial charge is 0.243 e. The maximum Gasteiger partial charge on any atom is 0.243 e. The second-order valence-corrected chi connectivity index (χ2v) is 6.63. The first-order chi connectivity index (χ1) is 9.32. The molecule has 1 aromatic rings. The van der Waals surface area contributed by atoms with E-state index in [0.29, 0.717) is 18.5 Å². The van der Waals surface area contributed by atoms with Gasteiger partial charge in [0, 0.05) is 25.1 Å². The van der Waals surface area contributed by atoms with Crippen LogP contribution in [0.5, 0.6) is 0 Å². The first-order valence-corrected chi connectivity index (χ1v) is 8.04. The number of hydrogen-bond acceptors (Lipinski definition) is 3. The summed E-state index contributed by atoms with van der Waals surface area (Å²) >= 11 is 0. The molecule has 5 heteroatoms. The Balaban J connectivity index is 3.20. The van der Waals surface area contributed by atoms with Crippen LogP contribution in [-0.4, -0.2) is 31.6 Å². The Morgan fingerprint density at radius 3 is 2.45 bits per heavy atom. The van der Waals surface area contributed by atoms with Gasteiger partial charge in [0.1, 0.15) is 0 Å². The molecule has 0 N–H and O–H groups in total. The van der Waals surface area contributed by atoms with Crippen LogP contribution >= 0.6 is 0 Å². The van der Waals surface area contributed by atoms with Gasteiger partial charge in [-0.2, -0.15) is 4.31 Å². The molecular formula is C15H21NO3S. The van der Waals surface area contributed by atoms with Crippen molar-refractivity contribution in [1.82, 2.24) is 4.31 Å². The van der Waals surface area contributed by atoms with Gasteiger partial charge in [0.2, 0.25) is 10.0 Å². The van der Waals surface area contributed by atoms with Crippen LogP contribution in [0.2, 0.25) is 0 Å². The number of sulfonamides is 1. The summed E-state index contributed by atoms with van der Waals surface area (Å²) in [5.74, 6) is -0.0648. The molecule has 1 aromatic carbocycles. The Labute approximate surface area is 121 Å². The summed E-state index contributed by atoms with van der Waals surface area (Å²) in [6, 6.07) is 6.20. The summed E-state index contributed by atoms with van der Waals surface area (Å²) in [5, 5.41) is 0. The van der Waals surface area contributed by atoms with Crippen molar-refractivity contribution in [2.75, 3.05) is 13.1 Å². The third kappa shape index (κ3) is 3.77. The molecule has 0 heterocycles. The number of nitrogens with zero attached hydrogens (tertiary/aromatic N) is 1. The van der Waals surface area contributed by atoms with Crippen LogP contribution in [0.3, 0.4) is 0 Å². The van der Waals surface area contributed by atoms with Crippen molar-refractivity contribution in [3.63, 3.8) is 0 Å². The van der Waals surface area contributed by atoms with Crippen LogP contribution in [0, 0.1) is 0 Å². The Morgan fingerprint density at radius 2 is 1.95 bits per heavy atom. The van der Waals surface area contributed by atoms with Gasteiger partial charge in [-0.25, -0.2) is 8.42 Å². The van der Waals surface area contributed by atoms with Crippen LogP contribution in [0.25, 0.3) is 0 Å². The van der Waals surface area contributed by atoms with Gasteiger partial charge in [0.15, 0.2) is 5.78 Å². The molecular weight excluding hydrogens is 274 g/mol. The minimum absolute atomic E-state index is 0.0648. The van der Waals surface area contributed by atoms with E-state index >= 15 is 0 Å². The number of carbonyl (C=O) groups is 1. The zero-order valence-electron chi connectivity index (χ0n) is 12.2. The largest absolute Gasteiger partial charge is 0.294 e. The maximum atomic E-state index is 12.5. The molecule has 0 aliphatic heterocycles. The number of rotatable bonds is 7. The van der Waals surface area contributed by atoms with Crippen molar-refractivity contribution < 1.29 is 13.2 Å². The molecule has 0 atom stereocenters. The highest BCUT2D eigenvalue weighted by atomic mass is 32.2. The summed E-state index contributed by atoms with van der Waals surface area (Å²) in [6.07, 6.45) is 0.354. The van der Waals surface area contributed by atoms with Crippen LogP contribution in [0.1, 0.15) is 37.6 Å². The Hall–Kier alpha value is -1.46. The van der Waals surface area contributed by atoms with E-state index in [1.165, 1.54) is 16.4 Å². The van der Waals surface area contributed by atoms with E-state index in [-0.39, 0.29) is 17.2 Å². The fraction of sp³-hybridized carbons (Fsp3) is 0.400. The van der Waals surface area contributed by atoms with Gasteiger partial charge >= 0.3 is 0 Å². The zero-order chi connectivity index (χ0) is 15.3. The third-order valence-corrected chi connectivity index (χ3v) is 4.83. The SMILES string of the molecule is C=C(C)CN(CC)S(=O)(=O)c1cccc(C(=O)CC)c1. The van der Waals surface area contributed by atoms with E-state index in [1.807, 2.05) is 0 Å². The van der Waals surface area contributed by atoms with E-state index in [4.69, 9.17) is 0 Å². The highest BCUT2D eigenvalue weighted by molar-refractivity contribution is 7.89. The fourth-order valence-electron chi connectivity index (χ4n) is 1.85. The molecule has 110 valence electrons. The van der Waals surface area contributed by atoms with E-state index < -0.39 is 10.0 Å². The molecule has 0 spiro atoms. The van der Waals surface area contributed by atoms with Crippen molar-refractivity contribution in [1.29, 1.82) is 0 Å². The molecule has 0 fully saturated rings. The van der Waals surface area contributed by atoms with Gasteiger partial charge in [-0.15, -0.1) is 0 Å². The average Bonchev–Trinajstić information content (AvgIpc) is 2.43. The predicted octanol–water partition coefficient (Wildman–Crippen LogP) is 2.87. The minimum Gasteiger partial charge on any atom is -0.294 e. The second-order valence-electron chi connectivity index (χ2n) is 4.69. The van der Waals surface area contributed by atoms with Gasteiger partial charge < -0.3 is 0 Å². The Kier molecular flexibility index (Phi) is 5.65. The summed E-state index contributed by atoms with van der Waals surface area (Å²) < 4.78 is 26.4. The van der Waals surface area contributed by atoms with E-state index in [1.54, 1.807) is 32.9 Å². The average molecular weight is 295 g/mol. The molecule has 0 saturated carbocycles. The van der Waals surface area contributed by atoms with Gasteiger partial charge in [0.25, 0.3) is 0 Å². The lowest BCUT2D eigenvalue weighted by Gasteiger charge is -2.20. The van der Waals surface area contributed by atoms with Gasteiger partial charge in [-0.05, 0) is 19.1 Å². The summed E-state index contributed by atoms with van der Waals surface area (Å²) in [4.78, 5) is 11.8. The summed E-state index contributed by atoms with van der Waals surface area (Å²) in [7, 11) is -3.59. The zero-order valence-corrected chi connectivity index (χ0v) is 13.0. The van der Waals surface area contributed by atoms with Crippen LogP contribution in [0.15, 0.2) is 41.3 Å². The molecule has 1 rings (SSSR count). The second kappa shape index (κ2) is 6.81. The number of Topliss-reactive ketones (excluding diaryl/α,β-unsaturated/α-hetero) is 1. The van der Waals surface area contributed by atoms with Crippen LogP contribution in [-0.2, 0) is 10.0 Å². The molecule has 0 aromatic heterocycles. The van der Waals surface area contributed by atoms with E-state index in [2.05, 4.69) is 6.58 Å². The number of hydrogen-bond donors (Lipinski definition) is 0. The highest BCUT2D eigenvalue weighted by Gasteiger charge is 2.23. The lowest BCUT2D eigenvalue weighted by atomic mass is 10.1. The summed E-state index contributed by atoms with van der Waals surface area (Å²) in [5.41, 5.74) is 1.20. The third-order valence-electron chi connectivity index (χ3n) is 2.91. The normalized spacial score (nSPS) is 11.6. The molecule has 0 unspecified atom stereocenters. The highest BCUT2D eigenvalue weighted by Crippen LogP contribution is 2.18. The number of carbonyl (C=O) groups excluding carboxylic acids is 1. The number of likely N-dealkylation sites (N-methyl/N-ethyl adjacent to an activating group) is 1. The molecule has 0 aliphatic carbocycles. The van der Waals surface area contributed by atoms with E-state index in [0.717, 1.165) is 5.57 Å². The minimum atomic E-state index is -3.59. The van der Waals surface area contributed by atoms with Crippen LogP contribution in [0.4, 0.5) is 0 Å². The molecule has 0 saturated heterocycles. The van der Waals surface area contributed by atoms with Gasteiger partial charge in [-0.1, -0.05) is 38.1 Å². The quantitative estimate of drug-likeness (QED) is 0.574.